The highest BCUT2D eigenvalue weighted by Crippen LogP contribution is 2.34. The van der Waals surface area contributed by atoms with Crippen LogP contribution < -0.4 is 11.1 Å². The number of benzene rings is 3. The van der Waals surface area contributed by atoms with Gasteiger partial charge in [0.05, 0.1) is 5.56 Å². The summed E-state index contributed by atoms with van der Waals surface area (Å²) in [6.07, 6.45) is 0. The zero-order valence-corrected chi connectivity index (χ0v) is 17.1. The molecule has 0 fully saturated rings. The highest BCUT2D eigenvalue weighted by atomic mass is 16.4. The number of carboxylic acids is 1. The maximum absolute atomic E-state index is 13.3. The van der Waals surface area contributed by atoms with E-state index in [4.69, 9.17) is 5.73 Å². The highest BCUT2D eigenvalue weighted by Gasteiger charge is 2.21. The molecule has 3 aromatic carbocycles. The third kappa shape index (κ3) is 3.81. The smallest absolute Gasteiger partial charge is 0.336 e. The molecule has 0 heterocycles. The summed E-state index contributed by atoms with van der Waals surface area (Å²) >= 11 is 0. The minimum absolute atomic E-state index is 0.0566. The van der Waals surface area contributed by atoms with Gasteiger partial charge in [-0.1, -0.05) is 58.0 Å². The number of carboxylic acid groups (broad SMARTS) is 1. The van der Waals surface area contributed by atoms with Gasteiger partial charge in [0.15, 0.2) is 0 Å². The number of carbonyl (C=O) groups is 2. The van der Waals surface area contributed by atoms with E-state index in [-0.39, 0.29) is 23.3 Å². The molecule has 29 heavy (non-hydrogen) atoms. The second-order valence-corrected chi connectivity index (χ2v) is 7.81. The molecule has 5 nitrogen and oxygen atoms in total. The number of para-hydroxylation sites is 1. The minimum Gasteiger partial charge on any atom is -0.478 e. The standard InChI is InChI=1S/C24H26N2O3/c1-13(2)15-7-5-8-16(14(3)4)22(15)26-23(27)18-11-12-20(25)17-9-6-10-19(21(17)18)24(28)29/h5-14H,25H2,1-4H3,(H,26,27)(H,28,29). The summed E-state index contributed by atoms with van der Waals surface area (Å²) in [5.41, 5.74) is 9.71. The van der Waals surface area contributed by atoms with Gasteiger partial charge in [-0.3, -0.25) is 4.79 Å². The fraction of sp³-hybridized carbons (Fsp3) is 0.250. The summed E-state index contributed by atoms with van der Waals surface area (Å²) in [5, 5.41) is 13.6. The molecule has 150 valence electrons. The molecule has 0 unspecified atom stereocenters. The SMILES string of the molecule is CC(C)c1cccc(C(C)C)c1NC(=O)c1ccc(N)c2cccc(C(=O)O)c12. The van der Waals surface area contributed by atoms with Crippen LogP contribution in [0.3, 0.4) is 0 Å². The van der Waals surface area contributed by atoms with E-state index >= 15 is 0 Å². The predicted molar refractivity (Wildman–Crippen MR) is 118 cm³/mol. The fourth-order valence-corrected chi connectivity index (χ4v) is 3.67. The Kier molecular flexibility index (Phi) is 5.59. The van der Waals surface area contributed by atoms with Crippen LogP contribution in [0.1, 0.15) is 71.4 Å². The van der Waals surface area contributed by atoms with Crippen LogP contribution in [0.15, 0.2) is 48.5 Å². The van der Waals surface area contributed by atoms with E-state index in [1.54, 1.807) is 24.3 Å². The van der Waals surface area contributed by atoms with Gasteiger partial charge in [0.2, 0.25) is 0 Å². The van der Waals surface area contributed by atoms with Crippen molar-refractivity contribution in [3.05, 3.63) is 70.8 Å². The summed E-state index contributed by atoms with van der Waals surface area (Å²) in [6.45, 7) is 8.32. The van der Waals surface area contributed by atoms with Gasteiger partial charge in [-0.05, 0) is 41.2 Å². The summed E-state index contributed by atoms with van der Waals surface area (Å²) in [7, 11) is 0. The Morgan fingerprint density at radius 2 is 1.45 bits per heavy atom. The summed E-state index contributed by atoms with van der Waals surface area (Å²) < 4.78 is 0. The van der Waals surface area contributed by atoms with E-state index in [1.807, 2.05) is 18.2 Å². The molecule has 0 saturated carbocycles. The number of fused-ring (bicyclic) bond motifs is 1. The Morgan fingerprint density at radius 3 is 2.00 bits per heavy atom. The maximum Gasteiger partial charge on any atom is 0.336 e. The van der Waals surface area contributed by atoms with Crippen molar-refractivity contribution in [2.75, 3.05) is 11.1 Å². The second kappa shape index (κ2) is 7.95. The number of nitrogen functional groups attached to an aromatic ring is 1. The second-order valence-electron chi connectivity index (χ2n) is 7.81. The number of nitrogens with two attached hydrogens (primary N) is 1. The van der Waals surface area contributed by atoms with Crippen molar-refractivity contribution in [1.29, 1.82) is 0 Å². The Morgan fingerprint density at radius 1 is 0.862 bits per heavy atom. The third-order valence-electron chi connectivity index (χ3n) is 5.16. The average molecular weight is 390 g/mol. The highest BCUT2D eigenvalue weighted by molar-refractivity contribution is 6.19. The molecule has 0 aliphatic carbocycles. The van der Waals surface area contributed by atoms with Gasteiger partial charge in [-0.15, -0.1) is 0 Å². The molecule has 3 aromatic rings. The Hall–Kier alpha value is -3.34. The van der Waals surface area contributed by atoms with Gasteiger partial charge in [0, 0.05) is 27.7 Å². The first-order valence-electron chi connectivity index (χ1n) is 9.71. The van der Waals surface area contributed by atoms with Gasteiger partial charge in [0.25, 0.3) is 5.91 Å². The number of hydrogen-bond donors (Lipinski definition) is 3. The van der Waals surface area contributed by atoms with Crippen LogP contribution in [0, 0.1) is 0 Å². The monoisotopic (exact) mass is 390 g/mol. The van der Waals surface area contributed by atoms with Crippen LogP contribution >= 0.6 is 0 Å². The molecule has 0 aliphatic heterocycles. The van der Waals surface area contributed by atoms with E-state index in [2.05, 4.69) is 33.0 Å². The topological polar surface area (TPSA) is 92.4 Å². The van der Waals surface area contributed by atoms with E-state index in [9.17, 15) is 14.7 Å². The van der Waals surface area contributed by atoms with Crippen LogP contribution in [-0.2, 0) is 0 Å². The molecular formula is C24H26N2O3. The van der Waals surface area contributed by atoms with Crippen LogP contribution in [0.25, 0.3) is 10.8 Å². The first-order chi connectivity index (χ1) is 13.7. The van der Waals surface area contributed by atoms with Crippen molar-refractivity contribution >= 4 is 34.0 Å². The van der Waals surface area contributed by atoms with Crippen molar-refractivity contribution < 1.29 is 14.7 Å². The molecule has 4 N–H and O–H groups in total. The number of anilines is 2. The largest absolute Gasteiger partial charge is 0.478 e. The van der Waals surface area contributed by atoms with Crippen molar-refractivity contribution in [2.45, 2.75) is 39.5 Å². The quantitative estimate of drug-likeness (QED) is 0.493. The van der Waals surface area contributed by atoms with E-state index in [0.717, 1.165) is 16.8 Å². The molecule has 1 amide bonds. The molecule has 0 bridgehead atoms. The molecule has 0 spiro atoms. The van der Waals surface area contributed by atoms with Gasteiger partial charge in [-0.25, -0.2) is 4.79 Å². The molecule has 0 aromatic heterocycles. The van der Waals surface area contributed by atoms with Gasteiger partial charge in [-0.2, -0.15) is 0 Å². The zero-order valence-electron chi connectivity index (χ0n) is 17.1. The van der Waals surface area contributed by atoms with Crippen LogP contribution in [0.5, 0.6) is 0 Å². The zero-order chi connectivity index (χ0) is 21.3. The lowest BCUT2D eigenvalue weighted by Crippen LogP contribution is -2.17. The lowest BCUT2D eigenvalue weighted by Gasteiger charge is -2.21. The molecule has 0 atom stereocenters. The average Bonchev–Trinajstić information content (AvgIpc) is 2.67. The number of hydrogen-bond acceptors (Lipinski definition) is 3. The molecule has 5 heteroatoms. The summed E-state index contributed by atoms with van der Waals surface area (Å²) in [6, 6.07) is 14.1. The molecule has 0 radical (unpaired) electrons. The van der Waals surface area contributed by atoms with Crippen molar-refractivity contribution in [3.8, 4) is 0 Å². The molecule has 0 saturated heterocycles. The Labute approximate surface area is 170 Å². The third-order valence-corrected chi connectivity index (χ3v) is 5.16. The van der Waals surface area contributed by atoms with Gasteiger partial charge >= 0.3 is 5.97 Å². The molecule has 0 aliphatic rings. The van der Waals surface area contributed by atoms with E-state index in [1.165, 1.54) is 6.07 Å². The molecular weight excluding hydrogens is 364 g/mol. The number of amides is 1. The fourth-order valence-electron chi connectivity index (χ4n) is 3.67. The van der Waals surface area contributed by atoms with Gasteiger partial charge in [0.1, 0.15) is 0 Å². The predicted octanol–water partition coefficient (Wildman–Crippen LogP) is 5.62. The number of rotatable bonds is 5. The van der Waals surface area contributed by atoms with Crippen LogP contribution in [0.4, 0.5) is 11.4 Å². The van der Waals surface area contributed by atoms with Crippen molar-refractivity contribution in [1.82, 2.24) is 0 Å². The van der Waals surface area contributed by atoms with Crippen LogP contribution in [-0.4, -0.2) is 17.0 Å². The Balaban J connectivity index is 2.18. The number of nitrogens with one attached hydrogen (secondary N) is 1. The van der Waals surface area contributed by atoms with E-state index < -0.39 is 5.97 Å². The normalized spacial score (nSPS) is 11.2. The number of carbonyl (C=O) groups excluding carboxylic acids is 1. The lowest BCUT2D eigenvalue weighted by molar-refractivity contribution is 0.0699. The van der Waals surface area contributed by atoms with Crippen molar-refractivity contribution in [3.63, 3.8) is 0 Å². The van der Waals surface area contributed by atoms with E-state index in [0.29, 0.717) is 22.0 Å². The summed E-state index contributed by atoms with van der Waals surface area (Å²) in [5.74, 6) is -0.997. The first-order valence-corrected chi connectivity index (χ1v) is 9.71. The maximum atomic E-state index is 13.3. The summed E-state index contributed by atoms with van der Waals surface area (Å²) in [4.78, 5) is 25.1. The van der Waals surface area contributed by atoms with Crippen molar-refractivity contribution in [2.24, 2.45) is 0 Å². The first kappa shape index (κ1) is 20.4. The Bertz CT molecular complexity index is 1070. The molecule has 3 rings (SSSR count). The van der Waals surface area contributed by atoms with Gasteiger partial charge < -0.3 is 16.2 Å². The lowest BCUT2D eigenvalue weighted by atomic mass is 9.92. The van der Waals surface area contributed by atoms with Crippen LogP contribution in [0.2, 0.25) is 0 Å². The number of aromatic carboxylic acids is 1. The minimum atomic E-state index is -1.10.